The van der Waals surface area contributed by atoms with Crippen molar-refractivity contribution >= 4 is 10.0 Å². The second kappa shape index (κ2) is 6.15. The summed E-state index contributed by atoms with van der Waals surface area (Å²) in [6, 6.07) is 2.19. The van der Waals surface area contributed by atoms with Crippen molar-refractivity contribution < 1.29 is 22.3 Å². The average Bonchev–Trinajstić information content (AvgIpc) is 2.82. The molecular formula is C13H17F2NO3S. The first-order chi connectivity index (χ1) is 9.42. The van der Waals surface area contributed by atoms with E-state index < -0.39 is 26.6 Å². The van der Waals surface area contributed by atoms with Crippen molar-refractivity contribution in [1.29, 1.82) is 0 Å². The van der Waals surface area contributed by atoms with Crippen molar-refractivity contribution in [3.8, 4) is 0 Å². The number of aliphatic hydroxyl groups excluding tert-OH is 1. The quantitative estimate of drug-likeness (QED) is 0.869. The Hall–Kier alpha value is -1.05. The van der Waals surface area contributed by atoms with Crippen molar-refractivity contribution in [3.63, 3.8) is 0 Å². The fourth-order valence-corrected chi connectivity index (χ4v) is 3.74. The Labute approximate surface area is 116 Å². The molecule has 1 aliphatic rings. The summed E-state index contributed by atoms with van der Waals surface area (Å²) in [5, 5.41) is 9.18. The normalized spacial score (nSPS) is 23.1. The highest BCUT2D eigenvalue weighted by atomic mass is 32.2. The molecule has 112 valence electrons. The molecule has 0 radical (unpaired) electrons. The lowest BCUT2D eigenvalue weighted by Gasteiger charge is -2.17. The Morgan fingerprint density at radius 3 is 2.35 bits per heavy atom. The van der Waals surface area contributed by atoms with Gasteiger partial charge in [-0.05, 0) is 36.8 Å². The van der Waals surface area contributed by atoms with Crippen molar-refractivity contribution in [1.82, 2.24) is 4.72 Å². The van der Waals surface area contributed by atoms with E-state index in [9.17, 15) is 22.3 Å². The summed E-state index contributed by atoms with van der Waals surface area (Å²) in [6.07, 6.45) is 2.66. The van der Waals surface area contributed by atoms with Crippen molar-refractivity contribution in [2.75, 3.05) is 13.2 Å². The number of benzene rings is 1. The Bertz CT molecular complexity index is 557. The molecule has 2 atom stereocenters. The number of hydrogen-bond donors (Lipinski definition) is 2. The van der Waals surface area contributed by atoms with E-state index >= 15 is 0 Å². The van der Waals surface area contributed by atoms with Crippen molar-refractivity contribution in [2.24, 2.45) is 11.8 Å². The Morgan fingerprint density at radius 1 is 1.15 bits per heavy atom. The standard InChI is InChI=1S/C13H17F2NO3S/c14-11-4-12(15)6-13(5-11)20(18,19)16-7-9-2-1-3-10(9)8-17/h4-6,9-10,16-17H,1-3,7-8H2. The van der Waals surface area contributed by atoms with Gasteiger partial charge in [-0.1, -0.05) is 6.42 Å². The first kappa shape index (κ1) is 15.3. The van der Waals surface area contributed by atoms with E-state index in [4.69, 9.17) is 0 Å². The average molecular weight is 305 g/mol. The van der Waals surface area contributed by atoms with E-state index in [2.05, 4.69) is 4.72 Å². The molecule has 1 aromatic carbocycles. The first-order valence-electron chi connectivity index (χ1n) is 6.49. The van der Waals surface area contributed by atoms with Crippen LogP contribution in [0.4, 0.5) is 8.78 Å². The number of nitrogens with one attached hydrogen (secondary N) is 1. The highest BCUT2D eigenvalue weighted by Crippen LogP contribution is 2.31. The smallest absolute Gasteiger partial charge is 0.240 e. The summed E-state index contributed by atoms with van der Waals surface area (Å²) in [5.74, 6) is -1.71. The maximum absolute atomic E-state index is 13.1. The Kier molecular flexibility index (Phi) is 4.72. The number of hydrogen-bond acceptors (Lipinski definition) is 3. The number of aliphatic hydroxyl groups is 1. The zero-order valence-corrected chi connectivity index (χ0v) is 11.7. The van der Waals surface area contributed by atoms with Gasteiger partial charge in [-0.25, -0.2) is 21.9 Å². The van der Waals surface area contributed by atoms with Gasteiger partial charge >= 0.3 is 0 Å². The van der Waals surface area contributed by atoms with Crippen LogP contribution in [0.2, 0.25) is 0 Å². The van der Waals surface area contributed by atoms with Crippen LogP contribution in [0.1, 0.15) is 19.3 Å². The van der Waals surface area contributed by atoms with Gasteiger partial charge in [0.1, 0.15) is 11.6 Å². The van der Waals surface area contributed by atoms with Gasteiger partial charge in [0.2, 0.25) is 10.0 Å². The second-order valence-corrected chi connectivity index (χ2v) is 6.86. The minimum atomic E-state index is -3.94. The lowest BCUT2D eigenvalue weighted by Crippen LogP contribution is -2.31. The highest BCUT2D eigenvalue weighted by molar-refractivity contribution is 7.89. The van der Waals surface area contributed by atoms with E-state index in [-0.39, 0.29) is 25.0 Å². The van der Waals surface area contributed by atoms with Gasteiger partial charge in [0.05, 0.1) is 4.90 Å². The molecule has 20 heavy (non-hydrogen) atoms. The number of sulfonamides is 1. The van der Waals surface area contributed by atoms with Crippen LogP contribution in [-0.2, 0) is 10.0 Å². The fraction of sp³-hybridized carbons (Fsp3) is 0.538. The molecule has 2 rings (SSSR count). The van der Waals surface area contributed by atoms with E-state index in [1.807, 2.05) is 0 Å². The van der Waals surface area contributed by atoms with E-state index in [1.54, 1.807) is 0 Å². The maximum atomic E-state index is 13.1. The van der Waals surface area contributed by atoms with Crippen LogP contribution in [0.15, 0.2) is 23.1 Å². The molecule has 0 spiro atoms. The largest absolute Gasteiger partial charge is 0.396 e. The molecule has 0 aromatic heterocycles. The fourth-order valence-electron chi connectivity index (χ4n) is 2.61. The van der Waals surface area contributed by atoms with Gasteiger partial charge in [-0.15, -0.1) is 0 Å². The van der Waals surface area contributed by atoms with E-state index in [0.29, 0.717) is 6.07 Å². The molecular weight excluding hydrogens is 288 g/mol. The maximum Gasteiger partial charge on any atom is 0.240 e. The van der Waals surface area contributed by atoms with Crippen LogP contribution < -0.4 is 4.72 Å². The summed E-state index contributed by atoms with van der Waals surface area (Å²) >= 11 is 0. The van der Waals surface area contributed by atoms with Crippen molar-refractivity contribution in [2.45, 2.75) is 24.2 Å². The van der Waals surface area contributed by atoms with Crippen LogP contribution in [0.3, 0.4) is 0 Å². The van der Waals surface area contributed by atoms with Crippen LogP contribution >= 0.6 is 0 Å². The minimum absolute atomic E-state index is 0.0288. The zero-order valence-electron chi connectivity index (χ0n) is 10.9. The summed E-state index contributed by atoms with van der Waals surface area (Å²) < 4.78 is 52.4. The molecule has 4 nitrogen and oxygen atoms in total. The van der Waals surface area contributed by atoms with Gasteiger partial charge < -0.3 is 5.11 Å². The summed E-state index contributed by atoms with van der Waals surface area (Å²) in [4.78, 5) is -0.423. The zero-order chi connectivity index (χ0) is 14.8. The van der Waals surface area contributed by atoms with E-state index in [0.717, 1.165) is 31.4 Å². The topological polar surface area (TPSA) is 66.4 Å². The first-order valence-corrected chi connectivity index (χ1v) is 7.97. The molecule has 0 aliphatic heterocycles. The van der Waals surface area contributed by atoms with Gasteiger partial charge in [-0.2, -0.15) is 0 Å². The van der Waals surface area contributed by atoms with Gasteiger partial charge in [0.15, 0.2) is 0 Å². The third-order valence-electron chi connectivity index (χ3n) is 3.73. The predicted octanol–water partition coefficient (Wildman–Crippen LogP) is 1.65. The SMILES string of the molecule is O=S(=O)(NCC1CCCC1CO)c1cc(F)cc(F)c1. The molecule has 1 fully saturated rings. The summed E-state index contributed by atoms with van der Waals surface area (Å²) in [5.41, 5.74) is 0. The predicted molar refractivity (Wildman–Crippen MR) is 69.5 cm³/mol. The third-order valence-corrected chi connectivity index (χ3v) is 5.14. The molecule has 1 aliphatic carbocycles. The highest BCUT2D eigenvalue weighted by Gasteiger charge is 2.28. The van der Waals surface area contributed by atoms with Crippen molar-refractivity contribution in [3.05, 3.63) is 29.8 Å². The summed E-state index contributed by atoms with van der Waals surface area (Å²) in [7, 11) is -3.94. The molecule has 2 unspecified atom stereocenters. The lowest BCUT2D eigenvalue weighted by atomic mass is 9.97. The molecule has 7 heteroatoms. The lowest BCUT2D eigenvalue weighted by molar-refractivity contribution is 0.195. The molecule has 0 saturated heterocycles. The Balaban J connectivity index is 2.07. The van der Waals surface area contributed by atoms with Gasteiger partial charge in [0, 0.05) is 19.2 Å². The van der Waals surface area contributed by atoms with Crippen LogP contribution in [0.25, 0.3) is 0 Å². The molecule has 0 amide bonds. The second-order valence-electron chi connectivity index (χ2n) is 5.09. The van der Waals surface area contributed by atoms with Crippen LogP contribution in [0, 0.1) is 23.5 Å². The van der Waals surface area contributed by atoms with Crippen LogP contribution in [0.5, 0.6) is 0 Å². The summed E-state index contributed by atoms with van der Waals surface area (Å²) in [6.45, 7) is 0.201. The Morgan fingerprint density at radius 2 is 1.75 bits per heavy atom. The monoisotopic (exact) mass is 305 g/mol. The molecule has 0 bridgehead atoms. The number of rotatable bonds is 5. The van der Waals surface area contributed by atoms with Gasteiger partial charge in [-0.3, -0.25) is 0 Å². The van der Waals surface area contributed by atoms with Gasteiger partial charge in [0.25, 0.3) is 0 Å². The number of halogens is 2. The third kappa shape index (κ3) is 3.53. The molecule has 1 aromatic rings. The minimum Gasteiger partial charge on any atom is -0.396 e. The van der Waals surface area contributed by atoms with Crippen LogP contribution in [-0.4, -0.2) is 26.7 Å². The van der Waals surface area contributed by atoms with E-state index in [1.165, 1.54) is 0 Å². The molecule has 1 saturated carbocycles. The molecule has 2 N–H and O–H groups in total. The molecule has 0 heterocycles.